The number of carbonyl (C=O) groups is 1. The average Bonchev–Trinajstić information content (AvgIpc) is 3.29. The van der Waals surface area contributed by atoms with E-state index in [1.165, 1.54) is 24.8 Å². The van der Waals surface area contributed by atoms with Crippen LogP contribution in [0.5, 0.6) is 5.75 Å². The molecule has 0 radical (unpaired) electrons. The lowest BCUT2D eigenvalue weighted by Crippen LogP contribution is -2.50. The number of aromatic nitrogens is 1. The van der Waals surface area contributed by atoms with Gasteiger partial charge in [0.05, 0.1) is 5.41 Å². The number of carbonyl (C=O) groups excluding carboxylic acids is 1. The zero-order valence-electron chi connectivity index (χ0n) is 16.9. The van der Waals surface area contributed by atoms with Crippen LogP contribution in [0.3, 0.4) is 0 Å². The van der Waals surface area contributed by atoms with Crippen LogP contribution in [-0.4, -0.2) is 17.2 Å². The second-order valence-electron chi connectivity index (χ2n) is 9.91. The third-order valence-electron chi connectivity index (χ3n) is 7.56. The minimum absolute atomic E-state index is 0.00943. The average molecular weight is 393 g/mol. The molecule has 152 valence electrons. The molecule has 5 heteroatoms. The van der Waals surface area contributed by atoms with Crippen LogP contribution in [0.25, 0.3) is 11.3 Å². The zero-order valence-corrected chi connectivity index (χ0v) is 16.9. The van der Waals surface area contributed by atoms with Crippen LogP contribution in [0, 0.1) is 23.2 Å². The minimum atomic E-state index is -0.224. The van der Waals surface area contributed by atoms with Gasteiger partial charge < -0.3 is 14.0 Å². The molecule has 4 aliphatic carbocycles. The van der Waals surface area contributed by atoms with Crippen molar-refractivity contribution in [3.05, 3.63) is 35.5 Å². The normalized spacial score (nSPS) is 34.1. The fourth-order valence-corrected chi connectivity index (χ4v) is 6.74. The molecule has 1 aliphatic heterocycles. The van der Waals surface area contributed by atoms with Crippen molar-refractivity contribution in [2.45, 2.75) is 64.6 Å². The smallest absolute Gasteiger partial charge is 0.312 e. The van der Waals surface area contributed by atoms with Crippen molar-refractivity contribution in [1.29, 1.82) is 0 Å². The van der Waals surface area contributed by atoms with E-state index in [2.05, 4.69) is 18.1 Å². The predicted molar refractivity (Wildman–Crippen MR) is 106 cm³/mol. The minimum Gasteiger partial charge on any atom is -0.490 e. The molecule has 2 heterocycles. The van der Waals surface area contributed by atoms with E-state index in [1.54, 1.807) is 0 Å². The first kappa shape index (κ1) is 17.5. The first-order valence-electron chi connectivity index (χ1n) is 11.0. The van der Waals surface area contributed by atoms with Crippen LogP contribution in [-0.2, 0) is 22.6 Å². The Bertz CT molecular complexity index is 926. The van der Waals surface area contributed by atoms with Gasteiger partial charge in [0.2, 0.25) is 0 Å². The van der Waals surface area contributed by atoms with Gasteiger partial charge >= 0.3 is 5.97 Å². The second kappa shape index (κ2) is 6.35. The van der Waals surface area contributed by atoms with E-state index >= 15 is 0 Å². The fourth-order valence-electron chi connectivity index (χ4n) is 6.74. The van der Waals surface area contributed by atoms with Crippen molar-refractivity contribution in [3.8, 4) is 17.1 Å². The number of nitrogens with zero attached hydrogens (tertiary/aromatic N) is 1. The molecule has 4 bridgehead atoms. The number of rotatable bonds is 4. The lowest BCUT2D eigenvalue weighted by Gasteiger charge is -2.55. The summed E-state index contributed by atoms with van der Waals surface area (Å²) < 4.78 is 17.1. The van der Waals surface area contributed by atoms with Crippen molar-refractivity contribution in [3.63, 3.8) is 0 Å². The number of benzene rings is 1. The first-order chi connectivity index (χ1) is 14.1. The van der Waals surface area contributed by atoms with Gasteiger partial charge in [0.25, 0.3) is 0 Å². The molecule has 0 N–H and O–H groups in total. The molecule has 4 fully saturated rings. The third kappa shape index (κ3) is 2.97. The van der Waals surface area contributed by atoms with Crippen LogP contribution in [0.4, 0.5) is 0 Å². The summed E-state index contributed by atoms with van der Waals surface area (Å²) in [7, 11) is 0. The highest BCUT2D eigenvalue weighted by Gasteiger charge is 2.55. The molecule has 29 heavy (non-hydrogen) atoms. The Balaban J connectivity index is 1.14. The number of hydrogen-bond donors (Lipinski definition) is 0. The van der Waals surface area contributed by atoms with Crippen molar-refractivity contribution >= 4 is 5.97 Å². The van der Waals surface area contributed by atoms with Gasteiger partial charge in [-0.1, -0.05) is 5.16 Å². The van der Waals surface area contributed by atoms with Crippen LogP contribution in [0.15, 0.2) is 28.8 Å². The van der Waals surface area contributed by atoms with E-state index in [0.29, 0.717) is 11.5 Å². The van der Waals surface area contributed by atoms with Crippen LogP contribution < -0.4 is 4.74 Å². The van der Waals surface area contributed by atoms with Crippen molar-refractivity contribution in [2.24, 2.45) is 23.2 Å². The van der Waals surface area contributed by atoms with Crippen LogP contribution in [0.2, 0.25) is 0 Å². The summed E-state index contributed by atoms with van der Waals surface area (Å²) in [6.45, 7) is 2.26. The maximum atomic E-state index is 13.0. The predicted octanol–water partition coefficient (Wildman–Crippen LogP) is 4.92. The lowest BCUT2D eigenvalue weighted by molar-refractivity contribution is -0.173. The Morgan fingerprint density at radius 2 is 1.86 bits per heavy atom. The van der Waals surface area contributed by atoms with Gasteiger partial charge in [0, 0.05) is 18.1 Å². The molecule has 5 nitrogen and oxygen atoms in total. The van der Waals surface area contributed by atoms with Gasteiger partial charge in [-0.15, -0.1) is 0 Å². The zero-order chi connectivity index (χ0) is 19.6. The molecule has 5 aliphatic rings. The molecular formula is C24H27NO4. The quantitative estimate of drug-likeness (QED) is 0.690. The van der Waals surface area contributed by atoms with Crippen molar-refractivity contribution < 1.29 is 18.8 Å². The monoisotopic (exact) mass is 393 g/mol. The molecule has 1 unspecified atom stereocenters. The number of ether oxygens (including phenoxy) is 2. The standard InChI is InChI=1S/C24H27NO4/c1-14-4-19-8-18(2-3-21(19)28-14)22-9-20(25-29-22)13-27-23(26)24-10-15-5-16(11-24)7-17(6-15)12-24/h2-3,8-9,14-17H,4-7,10-13H2,1H3. The van der Waals surface area contributed by atoms with E-state index in [4.69, 9.17) is 14.0 Å². The first-order valence-corrected chi connectivity index (χ1v) is 11.0. The summed E-state index contributed by atoms with van der Waals surface area (Å²) in [6, 6.07) is 7.96. The highest BCUT2D eigenvalue weighted by atomic mass is 16.5. The lowest BCUT2D eigenvalue weighted by atomic mass is 9.49. The van der Waals surface area contributed by atoms with Gasteiger partial charge in [0.15, 0.2) is 5.76 Å². The number of hydrogen-bond acceptors (Lipinski definition) is 5. The third-order valence-corrected chi connectivity index (χ3v) is 7.56. The molecule has 0 saturated heterocycles. The molecule has 4 saturated carbocycles. The van der Waals surface area contributed by atoms with Gasteiger partial charge in [-0.05, 0) is 87.0 Å². The topological polar surface area (TPSA) is 61.6 Å². The largest absolute Gasteiger partial charge is 0.490 e. The SMILES string of the molecule is CC1Cc2cc(-c3cc(COC(=O)C45CC6CC(CC(C6)C4)C5)no3)ccc2O1. The van der Waals surface area contributed by atoms with Gasteiger partial charge in [0.1, 0.15) is 24.2 Å². The van der Waals surface area contributed by atoms with Gasteiger partial charge in [-0.3, -0.25) is 4.79 Å². The molecule has 7 rings (SSSR count). The maximum Gasteiger partial charge on any atom is 0.312 e. The summed E-state index contributed by atoms with van der Waals surface area (Å²) in [4.78, 5) is 13.0. The number of esters is 1. The summed E-state index contributed by atoms with van der Waals surface area (Å²) in [5, 5.41) is 4.14. The maximum absolute atomic E-state index is 13.0. The van der Waals surface area contributed by atoms with Crippen molar-refractivity contribution in [2.75, 3.05) is 0 Å². The van der Waals surface area contributed by atoms with Gasteiger partial charge in [-0.25, -0.2) is 0 Å². The molecule has 1 aromatic carbocycles. The summed E-state index contributed by atoms with van der Waals surface area (Å²) in [6.07, 6.45) is 8.17. The molecule has 2 aromatic rings. The fraction of sp³-hybridized carbons (Fsp3) is 0.583. The number of fused-ring (bicyclic) bond motifs is 1. The second-order valence-corrected chi connectivity index (χ2v) is 9.91. The Morgan fingerprint density at radius 1 is 1.14 bits per heavy atom. The summed E-state index contributed by atoms with van der Waals surface area (Å²) in [5.41, 5.74) is 2.62. The van der Waals surface area contributed by atoms with Crippen LogP contribution in [0.1, 0.15) is 56.7 Å². The van der Waals surface area contributed by atoms with Gasteiger partial charge in [-0.2, -0.15) is 0 Å². The van der Waals surface area contributed by atoms with E-state index in [1.807, 2.05) is 18.2 Å². The Morgan fingerprint density at radius 3 is 2.59 bits per heavy atom. The Hall–Kier alpha value is -2.30. The van der Waals surface area contributed by atoms with Crippen LogP contribution >= 0.6 is 0 Å². The van der Waals surface area contributed by atoms with Crippen molar-refractivity contribution in [1.82, 2.24) is 5.16 Å². The molecule has 1 atom stereocenters. The summed E-state index contributed by atoms with van der Waals surface area (Å²) in [5.74, 6) is 3.85. The Kier molecular flexibility index (Phi) is 3.84. The molecule has 0 amide bonds. The van der Waals surface area contributed by atoms with E-state index in [0.717, 1.165) is 54.7 Å². The van der Waals surface area contributed by atoms with E-state index in [9.17, 15) is 4.79 Å². The highest BCUT2D eigenvalue weighted by molar-refractivity contribution is 5.77. The molecular weight excluding hydrogens is 366 g/mol. The Labute approximate surface area is 170 Å². The van der Waals surface area contributed by atoms with E-state index < -0.39 is 0 Å². The summed E-state index contributed by atoms with van der Waals surface area (Å²) >= 11 is 0. The molecule has 0 spiro atoms. The highest BCUT2D eigenvalue weighted by Crippen LogP contribution is 2.60. The molecule has 1 aromatic heterocycles. The van der Waals surface area contributed by atoms with E-state index in [-0.39, 0.29) is 24.1 Å².